The maximum absolute atomic E-state index is 4.54. The van der Waals surface area contributed by atoms with Gasteiger partial charge in [-0.15, -0.1) is 22.7 Å². The van der Waals surface area contributed by atoms with Crippen LogP contribution in [-0.4, -0.2) is 4.98 Å². The van der Waals surface area contributed by atoms with Gasteiger partial charge in [0.15, 0.2) is 0 Å². The summed E-state index contributed by atoms with van der Waals surface area (Å²) < 4.78 is 0. The molecule has 0 aliphatic carbocycles. The van der Waals surface area contributed by atoms with Gasteiger partial charge < -0.3 is 5.32 Å². The van der Waals surface area contributed by atoms with Crippen LogP contribution in [0.15, 0.2) is 12.1 Å². The Kier molecular flexibility index (Phi) is 3.97. The predicted octanol–water partition coefficient (Wildman–Crippen LogP) is 3.98. The van der Waals surface area contributed by atoms with Gasteiger partial charge in [0.1, 0.15) is 5.01 Å². The van der Waals surface area contributed by atoms with Crippen molar-refractivity contribution in [3.05, 3.63) is 37.5 Å². The molecule has 2 aromatic rings. The van der Waals surface area contributed by atoms with Crippen LogP contribution in [0, 0.1) is 20.8 Å². The van der Waals surface area contributed by atoms with Crippen molar-refractivity contribution in [1.82, 2.24) is 10.3 Å². The molecule has 17 heavy (non-hydrogen) atoms. The molecule has 0 radical (unpaired) electrons. The molecule has 1 atom stereocenters. The third-order valence-corrected chi connectivity index (χ3v) is 5.08. The largest absolute Gasteiger partial charge is 0.303 e. The average molecular weight is 266 g/mol. The van der Waals surface area contributed by atoms with Gasteiger partial charge in [0.25, 0.3) is 0 Å². The van der Waals surface area contributed by atoms with Crippen LogP contribution >= 0.6 is 22.7 Å². The lowest BCUT2D eigenvalue weighted by Crippen LogP contribution is -2.16. The van der Waals surface area contributed by atoms with E-state index in [1.54, 1.807) is 11.3 Å². The van der Waals surface area contributed by atoms with Crippen LogP contribution in [0.4, 0.5) is 0 Å². The molecule has 92 valence electrons. The average Bonchev–Trinajstić information content (AvgIpc) is 2.83. The Labute approximate surface area is 111 Å². The first-order valence-corrected chi connectivity index (χ1v) is 7.42. The summed E-state index contributed by atoms with van der Waals surface area (Å²) in [6.45, 7) is 9.41. The summed E-state index contributed by atoms with van der Waals surface area (Å²) >= 11 is 3.65. The fourth-order valence-corrected chi connectivity index (χ4v) is 3.43. The van der Waals surface area contributed by atoms with E-state index in [0.717, 1.165) is 12.2 Å². The molecule has 2 nitrogen and oxygen atoms in total. The van der Waals surface area contributed by atoms with Crippen molar-refractivity contribution in [2.24, 2.45) is 0 Å². The topological polar surface area (TPSA) is 24.9 Å². The fraction of sp³-hybridized carbons (Fsp3) is 0.462. The molecule has 0 aliphatic heterocycles. The van der Waals surface area contributed by atoms with E-state index in [4.69, 9.17) is 0 Å². The molecular formula is C13H18N2S2. The molecule has 1 N–H and O–H groups in total. The quantitative estimate of drug-likeness (QED) is 0.905. The number of aryl methyl sites for hydroxylation is 3. The van der Waals surface area contributed by atoms with Gasteiger partial charge in [0.05, 0.1) is 5.69 Å². The monoisotopic (exact) mass is 266 g/mol. The highest BCUT2D eigenvalue weighted by molar-refractivity contribution is 7.12. The lowest BCUT2D eigenvalue weighted by atomic mass is 10.3. The zero-order valence-corrected chi connectivity index (χ0v) is 12.3. The minimum atomic E-state index is 0.401. The Morgan fingerprint density at radius 1 is 1.24 bits per heavy atom. The molecule has 2 aromatic heterocycles. The first-order chi connectivity index (χ1) is 8.06. The van der Waals surface area contributed by atoms with E-state index < -0.39 is 0 Å². The normalized spacial score (nSPS) is 12.9. The summed E-state index contributed by atoms with van der Waals surface area (Å²) in [6, 6.07) is 4.78. The highest BCUT2D eigenvalue weighted by Gasteiger charge is 2.09. The molecule has 0 fully saturated rings. The van der Waals surface area contributed by atoms with Crippen LogP contribution in [0.5, 0.6) is 0 Å². The third-order valence-electron chi connectivity index (χ3n) is 2.82. The third kappa shape index (κ3) is 3.15. The zero-order chi connectivity index (χ0) is 12.4. The molecule has 4 heteroatoms. The van der Waals surface area contributed by atoms with Crippen LogP contribution in [0.2, 0.25) is 0 Å². The number of thiazole rings is 1. The van der Waals surface area contributed by atoms with Gasteiger partial charge in [-0.25, -0.2) is 4.98 Å². The Morgan fingerprint density at radius 3 is 2.53 bits per heavy atom. The Bertz CT molecular complexity index is 480. The molecular weight excluding hydrogens is 248 g/mol. The molecule has 0 saturated carbocycles. The van der Waals surface area contributed by atoms with E-state index in [-0.39, 0.29) is 0 Å². The van der Waals surface area contributed by atoms with Crippen molar-refractivity contribution >= 4 is 22.7 Å². The Hall–Kier alpha value is -0.710. The van der Waals surface area contributed by atoms with E-state index in [9.17, 15) is 0 Å². The lowest BCUT2D eigenvalue weighted by molar-refractivity contribution is 0.581. The molecule has 0 saturated heterocycles. The van der Waals surface area contributed by atoms with Gasteiger partial charge in [0.2, 0.25) is 0 Å². The summed E-state index contributed by atoms with van der Waals surface area (Å²) in [7, 11) is 0. The number of rotatable bonds is 4. The minimum absolute atomic E-state index is 0.401. The smallest absolute Gasteiger partial charge is 0.107 e. The van der Waals surface area contributed by atoms with Crippen LogP contribution in [0.25, 0.3) is 0 Å². The molecule has 0 aliphatic rings. The fourth-order valence-electron chi connectivity index (χ4n) is 1.64. The number of thiophene rings is 1. The molecule has 2 rings (SSSR count). The Morgan fingerprint density at radius 2 is 2.00 bits per heavy atom. The summed E-state index contributed by atoms with van der Waals surface area (Å²) in [5.41, 5.74) is 1.16. The van der Waals surface area contributed by atoms with Gasteiger partial charge in [0, 0.05) is 27.2 Å². The van der Waals surface area contributed by atoms with E-state index >= 15 is 0 Å². The van der Waals surface area contributed by atoms with Gasteiger partial charge in [-0.2, -0.15) is 0 Å². The standard InChI is InChI=1S/C13H18N2S2/c1-8-5-6-12(16-8)10(3)14-7-13-15-9(2)11(4)17-13/h5-6,10,14H,7H2,1-4H3. The van der Waals surface area contributed by atoms with E-state index in [0.29, 0.717) is 6.04 Å². The van der Waals surface area contributed by atoms with Gasteiger partial charge in [-0.3, -0.25) is 0 Å². The van der Waals surface area contributed by atoms with Crippen LogP contribution in [0.1, 0.15) is 38.3 Å². The van der Waals surface area contributed by atoms with Gasteiger partial charge >= 0.3 is 0 Å². The van der Waals surface area contributed by atoms with Crippen molar-refractivity contribution in [3.63, 3.8) is 0 Å². The van der Waals surface area contributed by atoms with Crippen LogP contribution in [0.3, 0.4) is 0 Å². The van der Waals surface area contributed by atoms with Crippen molar-refractivity contribution in [2.75, 3.05) is 0 Å². The van der Waals surface area contributed by atoms with E-state index in [1.165, 1.54) is 19.6 Å². The zero-order valence-electron chi connectivity index (χ0n) is 10.7. The second-order valence-corrected chi connectivity index (χ2v) is 6.91. The maximum atomic E-state index is 4.54. The lowest BCUT2D eigenvalue weighted by Gasteiger charge is -2.10. The van der Waals surface area contributed by atoms with Crippen LogP contribution < -0.4 is 5.32 Å². The van der Waals surface area contributed by atoms with Crippen molar-refractivity contribution in [1.29, 1.82) is 0 Å². The van der Waals surface area contributed by atoms with Crippen molar-refractivity contribution in [3.8, 4) is 0 Å². The molecule has 2 heterocycles. The number of hydrogen-bond acceptors (Lipinski definition) is 4. The number of nitrogens with zero attached hydrogens (tertiary/aromatic N) is 1. The first-order valence-electron chi connectivity index (χ1n) is 5.79. The number of hydrogen-bond donors (Lipinski definition) is 1. The molecule has 0 bridgehead atoms. The highest BCUT2D eigenvalue weighted by atomic mass is 32.1. The van der Waals surface area contributed by atoms with E-state index in [1.807, 2.05) is 11.3 Å². The highest BCUT2D eigenvalue weighted by Crippen LogP contribution is 2.23. The van der Waals surface area contributed by atoms with Crippen molar-refractivity contribution in [2.45, 2.75) is 40.3 Å². The second-order valence-electron chi connectivity index (χ2n) is 4.30. The molecule has 0 amide bonds. The van der Waals surface area contributed by atoms with E-state index in [2.05, 4.69) is 50.1 Å². The first kappa shape index (κ1) is 12.7. The van der Waals surface area contributed by atoms with Gasteiger partial charge in [-0.05, 0) is 39.8 Å². The maximum Gasteiger partial charge on any atom is 0.107 e. The number of nitrogens with one attached hydrogen (secondary N) is 1. The summed E-state index contributed by atoms with van der Waals surface area (Å²) in [4.78, 5) is 8.63. The van der Waals surface area contributed by atoms with Crippen molar-refractivity contribution < 1.29 is 0 Å². The minimum Gasteiger partial charge on any atom is -0.303 e. The predicted molar refractivity (Wildman–Crippen MR) is 75.9 cm³/mol. The van der Waals surface area contributed by atoms with Gasteiger partial charge in [-0.1, -0.05) is 0 Å². The SMILES string of the molecule is Cc1ccc(C(C)NCc2nc(C)c(C)s2)s1. The summed E-state index contributed by atoms with van der Waals surface area (Å²) in [5, 5.41) is 4.71. The number of aromatic nitrogens is 1. The molecule has 0 spiro atoms. The summed E-state index contributed by atoms with van der Waals surface area (Å²) in [6.07, 6.45) is 0. The second kappa shape index (κ2) is 5.29. The van der Waals surface area contributed by atoms with Crippen LogP contribution in [-0.2, 0) is 6.54 Å². The molecule has 1 unspecified atom stereocenters. The molecule has 0 aromatic carbocycles. The summed E-state index contributed by atoms with van der Waals surface area (Å²) in [5.74, 6) is 0. The Balaban J connectivity index is 1.94.